The lowest BCUT2D eigenvalue weighted by molar-refractivity contribution is -0.131. The molecule has 2 unspecified atom stereocenters. The van der Waals surface area contributed by atoms with Crippen molar-refractivity contribution in [2.75, 3.05) is 6.54 Å². The Hall–Kier alpha value is -0.570. The maximum Gasteiger partial charge on any atom is 0.241 e. The van der Waals surface area contributed by atoms with Crippen molar-refractivity contribution >= 4 is 5.91 Å². The van der Waals surface area contributed by atoms with Crippen molar-refractivity contribution in [3.63, 3.8) is 0 Å². The van der Waals surface area contributed by atoms with Crippen molar-refractivity contribution in [1.82, 2.24) is 10.2 Å². The minimum Gasteiger partial charge on any atom is -0.326 e. The summed E-state index contributed by atoms with van der Waals surface area (Å²) in [5, 5.41) is 3.53. The number of hydrogen-bond donors (Lipinski definition) is 1. The Balaban J connectivity index is 1.96. The first-order valence-corrected chi connectivity index (χ1v) is 7.57. The second-order valence-corrected chi connectivity index (χ2v) is 6.69. The highest BCUT2D eigenvalue weighted by atomic mass is 16.2. The third-order valence-electron chi connectivity index (χ3n) is 4.54. The maximum absolute atomic E-state index is 12.4. The van der Waals surface area contributed by atoms with Crippen molar-refractivity contribution in [2.45, 2.75) is 65.6 Å². The van der Waals surface area contributed by atoms with Gasteiger partial charge in [-0.3, -0.25) is 10.1 Å². The van der Waals surface area contributed by atoms with Crippen LogP contribution >= 0.6 is 0 Å². The molecule has 1 saturated heterocycles. The summed E-state index contributed by atoms with van der Waals surface area (Å²) in [6, 6.07) is 0.0267. The molecule has 104 valence electrons. The molecule has 0 bridgehead atoms. The second kappa shape index (κ2) is 5.60. The standard InChI is InChI=1S/C15H28N2O/c1-10(2)13-15(18)17(14(16-13)11(3)4)9-8-12-6-5-7-12/h10-14,16H,5-9H2,1-4H3. The number of carbonyl (C=O) groups is 1. The van der Waals surface area contributed by atoms with E-state index in [0.29, 0.717) is 17.7 Å². The Kier molecular flexibility index (Phi) is 4.31. The van der Waals surface area contributed by atoms with Crippen LogP contribution in [0, 0.1) is 17.8 Å². The summed E-state index contributed by atoms with van der Waals surface area (Å²) in [4.78, 5) is 14.5. The zero-order valence-corrected chi connectivity index (χ0v) is 12.3. The number of amides is 1. The van der Waals surface area contributed by atoms with Crippen LogP contribution in [0.15, 0.2) is 0 Å². The lowest BCUT2D eigenvalue weighted by Crippen LogP contribution is -2.42. The number of hydrogen-bond acceptors (Lipinski definition) is 2. The van der Waals surface area contributed by atoms with Gasteiger partial charge in [0.2, 0.25) is 5.91 Å². The van der Waals surface area contributed by atoms with E-state index in [0.717, 1.165) is 12.5 Å². The quantitative estimate of drug-likeness (QED) is 0.816. The highest BCUT2D eigenvalue weighted by Crippen LogP contribution is 2.31. The predicted molar refractivity (Wildman–Crippen MR) is 74.1 cm³/mol. The fourth-order valence-corrected chi connectivity index (χ4v) is 3.04. The van der Waals surface area contributed by atoms with Gasteiger partial charge in [0, 0.05) is 6.54 Å². The molecular formula is C15H28N2O. The minimum atomic E-state index is 0.0267. The molecule has 1 N–H and O–H groups in total. The molecule has 1 amide bonds. The molecule has 0 aromatic heterocycles. The summed E-state index contributed by atoms with van der Waals surface area (Å²) in [5.41, 5.74) is 0. The van der Waals surface area contributed by atoms with E-state index in [1.165, 1.54) is 25.7 Å². The summed E-state index contributed by atoms with van der Waals surface area (Å²) < 4.78 is 0. The third-order valence-corrected chi connectivity index (χ3v) is 4.54. The van der Waals surface area contributed by atoms with Crippen molar-refractivity contribution in [3.8, 4) is 0 Å². The van der Waals surface area contributed by atoms with Crippen LogP contribution in [0.2, 0.25) is 0 Å². The molecule has 0 spiro atoms. The van der Waals surface area contributed by atoms with Gasteiger partial charge in [-0.2, -0.15) is 0 Å². The van der Waals surface area contributed by atoms with E-state index in [9.17, 15) is 4.79 Å². The normalized spacial score (nSPS) is 29.4. The van der Waals surface area contributed by atoms with Gasteiger partial charge < -0.3 is 4.90 Å². The lowest BCUT2D eigenvalue weighted by Gasteiger charge is -2.31. The maximum atomic E-state index is 12.4. The predicted octanol–water partition coefficient (Wildman–Crippen LogP) is 2.62. The average Bonchev–Trinajstić information content (AvgIpc) is 2.54. The Morgan fingerprint density at radius 1 is 1.22 bits per heavy atom. The molecule has 0 aromatic carbocycles. The van der Waals surface area contributed by atoms with Crippen molar-refractivity contribution in [1.29, 1.82) is 0 Å². The molecule has 2 aliphatic rings. The molecule has 1 aliphatic heterocycles. The van der Waals surface area contributed by atoms with E-state index in [2.05, 4.69) is 37.9 Å². The van der Waals surface area contributed by atoms with E-state index < -0.39 is 0 Å². The van der Waals surface area contributed by atoms with E-state index >= 15 is 0 Å². The van der Waals surface area contributed by atoms with Crippen LogP contribution in [-0.4, -0.2) is 29.6 Å². The van der Waals surface area contributed by atoms with E-state index in [1.54, 1.807) is 0 Å². The summed E-state index contributed by atoms with van der Waals surface area (Å²) in [5.74, 6) is 2.07. The molecule has 2 rings (SSSR count). The average molecular weight is 252 g/mol. The molecule has 0 radical (unpaired) electrons. The zero-order chi connectivity index (χ0) is 13.3. The fourth-order valence-electron chi connectivity index (χ4n) is 3.04. The molecule has 2 atom stereocenters. The first-order valence-electron chi connectivity index (χ1n) is 7.57. The molecule has 1 saturated carbocycles. The molecule has 0 aromatic rings. The van der Waals surface area contributed by atoms with Crippen molar-refractivity contribution in [3.05, 3.63) is 0 Å². The van der Waals surface area contributed by atoms with Crippen LogP contribution in [0.25, 0.3) is 0 Å². The van der Waals surface area contributed by atoms with Crippen molar-refractivity contribution in [2.24, 2.45) is 17.8 Å². The molecule has 3 heteroatoms. The van der Waals surface area contributed by atoms with Gasteiger partial charge in [0.25, 0.3) is 0 Å². The molecular weight excluding hydrogens is 224 g/mol. The second-order valence-electron chi connectivity index (χ2n) is 6.69. The first-order chi connectivity index (χ1) is 8.50. The number of nitrogens with one attached hydrogen (secondary N) is 1. The zero-order valence-electron chi connectivity index (χ0n) is 12.3. The van der Waals surface area contributed by atoms with Gasteiger partial charge in [-0.1, -0.05) is 47.0 Å². The highest BCUT2D eigenvalue weighted by Gasteiger charge is 2.41. The number of nitrogens with zero attached hydrogens (tertiary/aromatic N) is 1. The third kappa shape index (κ3) is 2.71. The number of carbonyl (C=O) groups excluding carboxylic acids is 1. The van der Waals surface area contributed by atoms with Crippen LogP contribution in [0.5, 0.6) is 0 Å². The Labute approximate surface area is 111 Å². The molecule has 18 heavy (non-hydrogen) atoms. The van der Waals surface area contributed by atoms with Gasteiger partial charge in [0.05, 0.1) is 12.2 Å². The largest absolute Gasteiger partial charge is 0.326 e. The van der Waals surface area contributed by atoms with Gasteiger partial charge in [0.15, 0.2) is 0 Å². The van der Waals surface area contributed by atoms with Gasteiger partial charge >= 0.3 is 0 Å². The smallest absolute Gasteiger partial charge is 0.241 e. The van der Waals surface area contributed by atoms with Crippen LogP contribution in [0.4, 0.5) is 0 Å². The Morgan fingerprint density at radius 3 is 2.33 bits per heavy atom. The molecule has 2 fully saturated rings. The van der Waals surface area contributed by atoms with E-state index in [-0.39, 0.29) is 12.2 Å². The Bertz CT molecular complexity index is 297. The van der Waals surface area contributed by atoms with E-state index in [1.807, 2.05) is 0 Å². The highest BCUT2D eigenvalue weighted by molar-refractivity contribution is 5.84. The molecule has 1 aliphatic carbocycles. The lowest BCUT2D eigenvalue weighted by atomic mass is 9.83. The van der Waals surface area contributed by atoms with Gasteiger partial charge in [0.1, 0.15) is 0 Å². The van der Waals surface area contributed by atoms with Crippen molar-refractivity contribution < 1.29 is 4.79 Å². The summed E-state index contributed by atoms with van der Waals surface area (Å²) in [6.07, 6.45) is 5.57. The number of rotatable bonds is 5. The Morgan fingerprint density at radius 2 is 1.89 bits per heavy atom. The van der Waals surface area contributed by atoms with E-state index in [4.69, 9.17) is 0 Å². The topological polar surface area (TPSA) is 32.3 Å². The summed E-state index contributed by atoms with van der Waals surface area (Å²) >= 11 is 0. The van der Waals surface area contributed by atoms with Gasteiger partial charge in [-0.05, 0) is 24.2 Å². The molecule has 1 heterocycles. The SMILES string of the molecule is CC(C)C1NC(C(C)C)N(CCC2CCC2)C1=O. The van der Waals surface area contributed by atoms with Crippen LogP contribution in [0.1, 0.15) is 53.4 Å². The van der Waals surface area contributed by atoms with Crippen LogP contribution in [-0.2, 0) is 4.79 Å². The van der Waals surface area contributed by atoms with Crippen LogP contribution < -0.4 is 5.32 Å². The molecule has 3 nitrogen and oxygen atoms in total. The monoisotopic (exact) mass is 252 g/mol. The minimum absolute atomic E-state index is 0.0267. The van der Waals surface area contributed by atoms with Gasteiger partial charge in [-0.15, -0.1) is 0 Å². The summed E-state index contributed by atoms with van der Waals surface area (Å²) in [7, 11) is 0. The first kappa shape index (κ1) is 13.9. The van der Waals surface area contributed by atoms with Gasteiger partial charge in [-0.25, -0.2) is 0 Å². The summed E-state index contributed by atoms with van der Waals surface area (Å²) in [6.45, 7) is 9.60. The fraction of sp³-hybridized carbons (Fsp3) is 0.933. The van der Waals surface area contributed by atoms with Crippen LogP contribution in [0.3, 0.4) is 0 Å².